The molecule has 0 saturated heterocycles. The van der Waals surface area contributed by atoms with E-state index in [1.807, 2.05) is 0 Å². The summed E-state index contributed by atoms with van der Waals surface area (Å²) in [6.45, 7) is 10.9. The molecule has 0 fully saturated rings. The van der Waals surface area contributed by atoms with Crippen LogP contribution < -0.4 is 0 Å². The third-order valence-corrected chi connectivity index (χ3v) is 3.98. The minimum atomic E-state index is -0.455. The van der Waals surface area contributed by atoms with Gasteiger partial charge in [0.05, 0.1) is 21.9 Å². The molecule has 2 aromatic rings. The number of rotatable bonds is 3. The second kappa shape index (κ2) is 5.44. The molecule has 0 radical (unpaired) electrons. The number of halogens is 3. The smallest absolute Gasteiger partial charge is 0.144 e. The first-order valence-electron chi connectivity index (χ1n) is 6.98. The molecule has 0 bridgehead atoms. The van der Waals surface area contributed by atoms with Gasteiger partial charge in [0.1, 0.15) is 11.6 Å². The van der Waals surface area contributed by atoms with Gasteiger partial charge in [-0.1, -0.05) is 32.4 Å². The molecule has 1 aromatic carbocycles. The average molecular weight is 331 g/mol. The van der Waals surface area contributed by atoms with Gasteiger partial charge in [0, 0.05) is 11.6 Å². The van der Waals surface area contributed by atoms with E-state index in [2.05, 4.69) is 44.2 Å². The van der Waals surface area contributed by atoms with Gasteiger partial charge in [-0.3, -0.25) is 0 Å². The molecule has 1 aromatic heterocycles. The number of aromatic nitrogens is 2. The topological polar surface area (TPSA) is 17.8 Å². The molecule has 0 saturated carbocycles. The predicted octanol–water partition coefficient (Wildman–Crippen LogP) is 5.74. The molecule has 0 atom stereocenters. The Balaban J connectivity index is 2.69. The van der Waals surface area contributed by atoms with Gasteiger partial charge >= 0.3 is 0 Å². The molecule has 2 rings (SSSR count). The molecular weight excluding hydrogens is 310 g/mol. The van der Waals surface area contributed by atoms with Crippen LogP contribution in [0.15, 0.2) is 12.1 Å². The first-order chi connectivity index (χ1) is 9.55. The molecule has 116 valence electrons. The van der Waals surface area contributed by atoms with Gasteiger partial charge < -0.3 is 4.57 Å². The van der Waals surface area contributed by atoms with E-state index < -0.39 is 5.82 Å². The Kier molecular flexibility index (Phi) is 4.29. The minimum absolute atomic E-state index is 0.108. The molecule has 0 N–H and O–H groups in total. The van der Waals surface area contributed by atoms with Crippen LogP contribution in [0.3, 0.4) is 0 Å². The summed E-state index contributed by atoms with van der Waals surface area (Å²) in [5.74, 6) is 0.563. The lowest BCUT2D eigenvalue weighted by Gasteiger charge is -2.35. The molecule has 1 heterocycles. The monoisotopic (exact) mass is 330 g/mol. The average Bonchev–Trinajstić information content (AvgIpc) is 2.65. The number of alkyl halides is 1. The van der Waals surface area contributed by atoms with Gasteiger partial charge in [-0.2, -0.15) is 0 Å². The van der Waals surface area contributed by atoms with E-state index in [1.54, 1.807) is 6.07 Å². The van der Waals surface area contributed by atoms with E-state index in [0.29, 0.717) is 5.52 Å². The van der Waals surface area contributed by atoms with Gasteiger partial charge in [-0.15, -0.1) is 11.6 Å². The van der Waals surface area contributed by atoms with Crippen molar-refractivity contribution in [1.29, 1.82) is 0 Å². The quantitative estimate of drug-likeness (QED) is 0.656. The molecule has 0 aliphatic heterocycles. The van der Waals surface area contributed by atoms with Crippen LogP contribution in [0.5, 0.6) is 0 Å². The predicted molar refractivity (Wildman–Crippen MR) is 87.7 cm³/mol. The molecule has 0 aliphatic rings. The van der Waals surface area contributed by atoms with Crippen LogP contribution in [0.1, 0.15) is 46.9 Å². The number of imidazole rings is 1. The summed E-state index contributed by atoms with van der Waals surface area (Å²) in [6, 6.07) is 3.01. The normalized spacial score (nSPS) is 13.1. The Morgan fingerprint density at radius 2 is 1.81 bits per heavy atom. The highest BCUT2D eigenvalue weighted by molar-refractivity contribution is 6.31. The summed E-state index contributed by atoms with van der Waals surface area (Å²) in [6.07, 6.45) is 0.935. The lowest BCUT2D eigenvalue weighted by molar-refractivity contribution is 0.216. The number of benzene rings is 1. The molecule has 5 heteroatoms. The first kappa shape index (κ1) is 16.6. The fraction of sp³-hybridized carbons (Fsp3) is 0.562. The van der Waals surface area contributed by atoms with Crippen molar-refractivity contribution in [2.75, 3.05) is 0 Å². The molecule has 0 amide bonds. The third-order valence-electron chi connectivity index (χ3n) is 3.45. The van der Waals surface area contributed by atoms with Crippen molar-refractivity contribution in [3.05, 3.63) is 28.8 Å². The van der Waals surface area contributed by atoms with Gasteiger partial charge in [0.2, 0.25) is 0 Å². The van der Waals surface area contributed by atoms with E-state index in [4.69, 9.17) is 23.2 Å². The van der Waals surface area contributed by atoms with Crippen molar-refractivity contribution in [3.8, 4) is 0 Å². The largest absolute Gasteiger partial charge is 0.321 e. The molecule has 0 aliphatic carbocycles. The van der Waals surface area contributed by atoms with E-state index >= 15 is 0 Å². The maximum absolute atomic E-state index is 13.6. The summed E-state index contributed by atoms with van der Waals surface area (Å²) >= 11 is 12.0. The maximum atomic E-state index is 13.6. The highest BCUT2D eigenvalue weighted by Gasteiger charge is 2.31. The highest BCUT2D eigenvalue weighted by atomic mass is 35.5. The van der Waals surface area contributed by atoms with Crippen LogP contribution in [0.2, 0.25) is 5.02 Å². The lowest BCUT2D eigenvalue weighted by Crippen LogP contribution is -2.32. The van der Waals surface area contributed by atoms with Crippen LogP contribution in [-0.2, 0) is 11.4 Å². The van der Waals surface area contributed by atoms with Gasteiger partial charge in [0.25, 0.3) is 0 Å². The Morgan fingerprint density at radius 3 is 2.33 bits per heavy atom. The third kappa shape index (κ3) is 3.35. The van der Waals surface area contributed by atoms with Crippen molar-refractivity contribution < 1.29 is 4.39 Å². The Hall–Kier alpha value is -0.800. The zero-order valence-electron chi connectivity index (χ0n) is 13.1. The van der Waals surface area contributed by atoms with Crippen LogP contribution >= 0.6 is 23.2 Å². The molecule has 21 heavy (non-hydrogen) atoms. The van der Waals surface area contributed by atoms with E-state index in [0.717, 1.165) is 17.8 Å². The highest BCUT2D eigenvalue weighted by Crippen LogP contribution is 2.37. The van der Waals surface area contributed by atoms with Crippen LogP contribution in [0, 0.1) is 11.2 Å². The Labute approximate surface area is 135 Å². The van der Waals surface area contributed by atoms with Gasteiger partial charge in [-0.25, -0.2) is 9.37 Å². The number of nitrogens with zero attached hydrogens (tertiary/aromatic N) is 2. The van der Waals surface area contributed by atoms with Crippen molar-refractivity contribution in [2.45, 2.75) is 52.5 Å². The summed E-state index contributed by atoms with van der Waals surface area (Å²) in [5.41, 5.74) is 1.37. The van der Waals surface area contributed by atoms with Gasteiger partial charge in [0.15, 0.2) is 0 Å². The van der Waals surface area contributed by atoms with Crippen molar-refractivity contribution in [2.24, 2.45) is 5.41 Å². The summed E-state index contributed by atoms with van der Waals surface area (Å²) < 4.78 is 15.7. The van der Waals surface area contributed by atoms with Crippen molar-refractivity contribution >= 4 is 34.2 Å². The second-order valence-corrected chi connectivity index (χ2v) is 7.98. The van der Waals surface area contributed by atoms with E-state index in [-0.39, 0.29) is 21.9 Å². The molecule has 0 unspecified atom stereocenters. The molecule has 2 nitrogen and oxygen atoms in total. The zero-order chi connectivity index (χ0) is 16.0. The minimum Gasteiger partial charge on any atom is -0.321 e. The van der Waals surface area contributed by atoms with Crippen molar-refractivity contribution in [1.82, 2.24) is 9.55 Å². The van der Waals surface area contributed by atoms with E-state index in [1.165, 1.54) is 6.07 Å². The fourth-order valence-electron chi connectivity index (χ4n) is 3.26. The lowest BCUT2D eigenvalue weighted by atomic mass is 9.81. The number of hydrogen-bond acceptors (Lipinski definition) is 1. The van der Waals surface area contributed by atoms with Crippen LogP contribution in [0.4, 0.5) is 4.39 Å². The second-order valence-electron chi connectivity index (χ2n) is 7.30. The Morgan fingerprint density at radius 1 is 1.19 bits per heavy atom. The first-order valence-corrected chi connectivity index (χ1v) is 7.89. The standard InChI is InChI=1S/C16H21Cl2FN2/c1-15(2,3)9-16(4,5)21-13-6-10(18)11(19)7-12(13)20-14(21)8-17/h6-7H,8-9H2,1-5H3. The number of fused-ring (bicyclic) bond motifs is 1. The van der Waals surface area contributed by atoms with Gasteiger partial charge in [-0.05, 0) is 31.7 Å². The fourth-order valence-corrected chi connectivity index (χ4v) is 3.60. The van der Waals surface area contributed by atoms with Crippen LogP contribution in [0.25, 0.3) is 11.0 Å². The zero-order valence-corrected chi connectivity index (χ0v) is 14.6. The summed E-state index contributed by atoms with van der Waals surface area (Å²) in [7, 11) is 0. The molecule has 0 spiro atoms. The van der Waals surface area contributed by atoms with Crippen molar-refractivity contribution in [3.63, 3.8) is 0 Å². The number of hydrogen-bond donors (Lipinski definition) is 0. The molecular formula is C16H21Cl2FN2. The Bertz CT molecular complexity index is 669. The summed E-state index contributed by atoms with van der Waals surface area (Å²) in [5, 5.41) is 0.108. The summed E-state index contributed by atoms with van der Waals surface area (Å²) in [4.78, 5) is 4.46. The van der Waals surface area contributed by atoms with Crippen LogP contribution in [-0.4, -0.2) is 9.55 Å². The SMILES string of the molecule is CC(C)(C)CC(C)(C)n1c(CCl)nc2cc(F)c(Cl)cc21. The van der Waals surface area contributed by atoms with E-state index in [9.17, 15) is 4.39 Å². The maximum Gasteiger partial charge on any atom is 0.144 e.